The molecular formula is C17H13F3N4OS. The molecule has 134 valence electrons. The standard InChI is InChI=1S/C17H13F3N4OS/c18-17(19,20)12-4-1-5-13-14(12)23-16(26-13)24-8-10(9-24)15(25)22-11-3-2-6-21-7-11/h1-7,10H,8-9H2,(H,22,25). The van der Waals surface area contributed by atoms with Crippen LogP contribution in [0.4, 0.5) is 24.0 Å². The first-order valence-electron chi connectivity index (χ1n) is 7.84. The third-order valence-electron chi connectivity index (χ3n) is 4.17. The normalized spacial score (nSPS) is 15.1. The summed E-state index contributed by atoms with van der Waals surface area (Å²) >= 11 is 1.20. The van der Waals surface area contributed by atoms with E-state index in [0.29, 0.717) is 28.6 Å². The van der Waals surface area contributed by atoms with Crippen LogP contribution in [0.3, 0.4) is 0 Å². The smallest absolute Gasteiger partial charge is 0.346 e. The summed E-state index contributed by atoms with van der Waals surface area (Å²) in [4.78, 5) is 22.1. The van der Waals surface area contributed by atoms with Crippen LogP contribution >= 0.6 is 11.3 Å². The quantitative estimate of drug-likeness (QED) is 0.754. The van der Waals surface area contributed by atoms with Crippen LogP contribution in [0.2, 0.25) is 0 Å². The maximum Gasteiger partial charge on any atom is 0.418 e. The van der Waals surface area contributed by atoms with Gasteiger partial charge in [-0.2, -0.15) is 13.2 Å². The number of halogens is 3. The van der Waals surface area contributed by atoms with Crippen LogP contribution in [0.15, 0.2) is 42.7 Å². The monoisotopic (exact) mass is 378 g/mol. The van der Waals surface area contributed by atoms with Gasteiger partial charge in [0.1, 0.15) is 0 Å². The Balaban J connectivity index is 1.47. The van der Waals surface area contributed by atoms with Crippen molar-refractivity contribution in [3.63, 3.8) is 0 Å². The number of nitrogens with one attached hydrogen (secondary N) is 1. The van der Waals surface area contributed by atoms with E-state index in [1.807, 2.05) is 4.90 Å². The second-order valence-corrected chi connectivity index (χ2v) is 6.99. The Labute approximate surface area is 150 Å². The predicted octanol–water partition coefficient (Wildman–Crippen LogP) is 3.79. The maximum absolute atomic E-state index is 13.1. The largest absolute Gasteiger partial charge is 0.418 e. The minimum atomic E-state index is -4.44. The molecule has 5 nitrogen and oxygen atoms in total. The molecule has 1 aliphatic heterocycles. The summed E-state index contributed by atoms with van der Waals surface area (Å²) in [6, 6.07) is 7.51. The highest BCUT2D eigenvalue weighted by atomic mass is 32.1. The van der Waals surface area contributed by atoms with Crippen LogP contribution in [0.1, 0.15) is 5.56 Å². The number of anilines is 2. The number of hydrogen-bond donors (Lipinski definition) is 1. The molecule has 0 unspecified atom stereocenters. The minimum absolute atomic E-state index is 0.0386. The lowest BCUT2D eigenvalue weighted by atomic mass is 10.00. The molecule has 26 heavy (non-hydrogen) atoms. The Hall–Kier alpha value is -2.68. The lowest BCUT2D eigenvalue weighted by molar-refractivity contribution is -0.136. The summed E-state index contributed by atoms with van der Waals surface area (Å²) < 4.78 is 39.8. The van der Waals surface area contributed by atoms with Gasteiger partial charge in [0.15, 0.2) is 5.13 Å². The van der Waals surface area contributed by atoms with Crippen LogP contribution in [0.25, 0.3) is 10.2 Å². The average molecular weight is 378 g/mol. The van der Waals surface area contributed by atoms with E-state index in [2.05, 4.69) is 15.3 Å². The van der Waals surface area contributed by atoms with E-state index in [1.165, 1.54) is 17.4 Å². The molecule has 0 bridgehead atoms. The Kier molecular flexibility index (Phi) is 4.03. The van der Waals surface area contributed by atoms with Crippen molar-refractivity contribution in [2.75, 3.05) is 23.3 Å². The van der Waals surface area contributed by atoms with Gasteiger partial charge >= 0.3 is 6.18 Å². The van der Waals surface area contributed by atoms with E-state index >= 15 is 0 Å². The zero-order valence-electron chi connectivity index (χ0n) is 13.3. The maximum atomic E-state index is 13.1. The van der Waals surface area contributed by atoms with Crippen molar-refractivity contribution in [3.05, 3.63) is 48.3 Å². The van der Waals surface area contributed by atoms with Crippen LogP contribution < -0.4 is 10.2 Å². The molecule has 1 fully saturated rings. The highest BCUT2D eigenvalue weighted by molar-refractivity contribution is 7.22. The molecule has 0 radical (unpaired) electrons. The molecule has 3 heterocycles. The summed E-state index contributed by atoms with van der Waals surface area (Å²) in [7, 11) is 0. The Bertz CT molecular complexity index is 952. The van der Waals surface area contributed by atoms with E-state index in [0.717, 1.165) is 6.07 Å². The molecule has 0 saturated carbocycles. The van der Waals surface area contributed by atoms with Crippen molar-refractivity contribution in [2.24, 2.45) is 5.92 Å². The molecule has 0 spiro atoms. The summed E-state index contributed by atoms with van der Waals surface area (Å²) in [6.45, 7) is 0.848. The van der Waals surface area contributed by atoms with E-state index in [1.54, 1.807) is 30.6 Å². The number of alkyl halides is 3. The number of para-hydroxylation sites is 1. The number of carbonyl (C=O) groups excluding carboxylic acids is 1. The second kappa shape index (κ2) is 6.24. The van der Waals surface area contributed by atoms with Gasteiger partial charge in [0.25, 0.3) is 0 Å². The number of aromatic nitrogens is 2. The van der Waals surface area contributed by atoms with Gasteiger partial charge in [-0.15, -0.1) is 0 Å². The van der Waals surface area contributed by atoms with Gasteiger partial charge < -0.3 is 10.2 Å². The summed E-state index contributed by atoms with van der Waals surface area (Å²) in [5.41, 5.74) is -0.155. The Morgan fingerprint density at radius 1 is 1.23 bits per heavy atom. The highest BCUT2D eigenvalue weighted by Crippen LogP contribution is 2.39. The first kappa shape index (κ1) is 16.8. The molecular weight excluding hydrogens is 365 g/mol. The van der Waals surface area contributed by atoms with Crippen molar-refractivity contribution >= 4 is 38.3 Å². The SMILES string of the molecule is O=C(Nc1cccnc1)C1CN(c2nc3c(C(F)(F)F)cccc3s2)C1. The number of carbonyl (C=O) groups is 1. The number of rotatable bonds is 3. The third kappa shape index (κ3) is 3.10. The van der Waals surface area contributed by atoms with E-state index in [9.17, 15) is 18.0 Å². The summed E-state index contributed by atoms with van der Waals surface area (Å²) in [5.74, 6) is -0.365. The second-order valence-electron chi connectivity index (χ2n) is 5.98. The van der Waals surface area contributed by atoms with Crippen LogP contribution in [-0.4, -0.2) is 29.0 Å². The molecule has 1 saturated heterocycles. The van der Waals surface area contributed by atoms with Crippen molar-refractivity contribution < 1.29 is 18.0 Å². The summed E-state index contributed by atoms with van der Waals surface area (Å²) in [6.07, 6.45) is -1.27. The molecule has 3 aromatic rings. The zero-order valence-corrected chi connectivity index (χ0v) is 14.1. The van der Waals surface area contributed by atoms with Crippen molar-refractivity contribution in [1.29, 1.82) is 0 Å². The van der Waals surface area contributed by atoms with E-state index < -0.39 is 11.7 Å². The molecule has 1 aliphatic rings. The van der Waals surface area contributed by atoms with Gasteiger partial charge in [-0.25, -0.2) is 4.98 Å². The van der Waals surface area contributed by atoms with Crippen molar-refractivity contribution in [3.8, 4) is 0 Å². The number of hydrogen-bond acceptors (Lipinski definition) is 5. The number of fused-ring (bicyclic) bond motifs is 1. The van der Waals surface area contributed by atoms with Crippen molar-refractivity contribution in [1.82, 2.24) is 9.97 Å². The molecule has 9 heteroatoms. The number of thiazole rings is 1. The topological polar surface area (TPSA) is 58.1 Å². The van der Waals surface area contributed by atoms with Gasteiger partial charge in [0, 0.05) is 19.3 Å². The number of pyridine rings is 1. The molecule has 1 amide bonds. The first-order valence-corrected chi connectivity index (χ1v) is 8.66. The fourth-order valence-corrected chi connectivity index (χ4v) is 3.79. The number of nitrogens with zero attached hydrogens (tertiary/aromatic N) is 3. The van der Waals surface area contributed by atoms with Gasteiger partial charge in [-0.3, -0.25) is 9.78 Å². The fraction of sp³-hybridized carbons (Fsp3) is 0.235. The van der Waals surface area contributed by atoms with Crippen molar-refractivity contribution in [2.45, 2.75) is 6.18 Å². The first-order chi connectivity index (χ1) is 12.4. The van der Waals surface area contributed by atoms with Gasteiger partial charge in [0.05, 0.1) is 33.6 Å². The van der Waals surface area contributed by atoms with E-state index in [-0.39, 0.29) is 17.3 Å². The fourth-order valence-electron chi connectivity index (χ4n) is 2.78. The average Bonchev–Trinajstić information content (AvgIpc) is 2.96. The van der Waals surface area contributed by atoms with Crippen LogP contribution in [0, 0.1) is 5.92 Å². The number of benzene rings is 1. The molecule has 1 aromatic carbocycles. The third-order valence-corrected chi connectivity index (χ3v) is 5.25. The number of amides is 1. The Morgan fingerprint density at radius 3 is 2.73 bits per heavy atom. The predicted molar refractivity (Wildman–Crippen MR) is 93.2 cm³/mol. The minimum Gasteiger partial charge on any atom is -0.346 e. The zero-order chi connectivity index (χ0) is 18.3. The lowest BCUT2D eigenvalue weighted by Crippen LogP contribution is -2.52. The molecule has 1 N–H and O–H groups in total. The lowest BCUT2D eigenvalue weighted by Gasteiger charge is -2.37. The van der Waals surface area contributed by atoms with Gasteiger partial charge in [-0.1, -0.05) is 17.4 Å². The molecule has 0 aliphatic carbocycles. The van der Waals surface area contributed by atoms with Crippen LogP contribution in [0.5, 0.6) is 0 Å². The van der Waals surface area contributed by atoms with Gasteiger partial charge in [-0.05, 0) is 24.3 Å². The van der Waals surface area contributed by atoms with E-state index in [4.69, 9.17) is 0 Å². The molecule has 2 aromatic heterocycles. The molecule has 4 rings (SSSR count). The van der Waals surface area contributed by atoms with Gasteiger partial charge in [0.2, 0.25) is 5.91 Å². The van der Waals surface area contributed by atoms with Crippen LogP contribution in [-0.2, 0) is 11.0 Å². The Morgan fingerprint density at radius 2 is 2.04 bits per heavy atom. The summed E-state index contributed by atoms with van der Waals surface area (Å²) in [5, 5.41) is 3.28. The molecule has 0 atom stereocenters. The highest BCUT2D eigenvalue weighted by Gasteiger charge is 2.37.